The number of anilines is 1. The van der Waals surface area contributed by atoms with Gasteiger partial charge in [-0.1, -0.05) is 12.1 Å². The Balaban J connectivity index is 1.87. The van der Waals surface area contributed by atoms with E-state index in [0.717, 1.165) is 4.31 Å². The van der Waals surface area contributed by atoms with Crippen LogP contribution in [-0.4, -0.2) is 53.5 Å². The van der Waals surface area contributed by atoms with Crippen LogP contribution in [0.15, 0.2) is 76.7 Å². The second kappa shape index (κ2) is 11.3. The van der Waals surface area contributed by atoms with Gasteiger partial charge in [0.25, 0.3) is 15.9 Å². The first kappa shape index (κ1) is 25.4. The predicted molar refractivity (Wildman–Crippen MR) is 131 cm³/mol. The third-order valence-corrected chi connectivity index (χ3v) is 6.67. The summed E-state index contributed by atoms with van der Waals surface area (Å²) in [4.78, 5) is 12.7. The van der Waals surface area contributed by atoms with Crippen molar-refractivity contribution < 1.29 is 32.5 Å². The van der Waals surface area contributed by atoms with Crippen molar-refractivity contribution in [2.45, 2.75) is 4.90 Å². The summed E-state index contributed by atoms with van der Waals surface area (Å²) in [5.41, 5.74) is 3.06. The van der Waals surface area contributed by atoms with Gasteiger partial charge in [-0.15, -0.1) is 0 Å². The molecule has 0 saturated heterocycles. The molecule has 0 atom stereocenters. The molecule has 10 nitrogen and oxygen atoms in total. The number of sulfonamides is 1. The molecule has 0 bridgehead atoms. The molecule has 0 aliphatic heterocycles. The van der Waals surface area contributed by atoms with Crippen LogP contribution in [0.1, 0.15) is 5.56 Å². The topological polar surface area (TPSA) is 127 Å². The molecule has 0 saturated carbocycles. The van der Waals surface area contributed by atoms with Crippen molar-refractivity contribution in [2.24, 2.45) is 5.10 Å². The summed E-state index contributed by atoms with van der Waals surface area (Å²) in [6.45, 7) is -0.565. The number of para-hydroxylation sites is 2. The minimum absolute atomic E-state index is 0.0308. The van der Waals surface area contributed by atoms with E-state index in [4.69, 9.17) is 14.2 Å². The Morgan fingerprint density at radius 3 is 2.31 bits per heavy atom. The number of ether oxygens (including phenoxy) is 3. The Hall–Kier alpha value is -4.25. The summed E-state index contributed by atoms with van der Waals surface area (Å²) in [6, 6.07) is 16.8. The van der Waals surface area contributed by atoms with Gasteiger partial charge in [-0.25, -0.2) is 13.8 Å². The number of aromatic hydroxyl groups is 1. The van der Waals surface area contributed by atoms with E-state index in [9.17, 15) is 18.3 Å². The van der Waals surface area contributed by atoms with Crippen molar-refractivity contribution in [2.75, 3.05) is 32.2 Å². The van der Waals surface area contributed by atoms with Gasteiger partial charge in [-0.2, -0.15) is 5.10 Å². The highest BCUT2D eigenvalue weighted by Gasteiger charge is 2.29. The molecular formula is C24H25N3O7S. The molecule has 2 N–H and O–H groups in total. The molecule has 3 rings (SSSR count). The summed E-state index contributed by atoms with van der Waals surface area (Å²) in [7, 11) is 0.139. The average Bonchev–Trinajstić information content (AvgIpc) is 2.88. The minimum atomic E-state index is -4.16. The van der Waals surface area contributed by atoms with Crippen molar-refractivity contribution in [3.63, 3.8) is 0 Å². The smallest absolute Gasteiger partial charge is 0.264 e. The molecule has 0 aromatic heterocycles. The van der Waals surface area contributed by atoms with Crippen LogP contribution in [0.25, 0.3) is 0 Å². The van der Waals surface area contributed by atoms with Crippen molar-refractivity contribution >= 4 is 27.8 Å². The lowest BCUT2D eigenvalue weighted by molar-refractivity contribution is -0.119. The van der Waals surface area contributed by atoms with Gasteiger partial charge in [0.1, 0.15) is 18.0 Å². The number of hydrogen-bond acceptors (Lipinski definition) is 8. The fourth-order valence-corrected chi connectivity index (χ4v) is 4.56. The van der Waals surface area contributed by atoms with Gasteiger partial charge in [0.2, 0.25) is 0 Å². The van der Waals surface area contributed by atoms with Crippen molar-refractivity contribution in [3.05, 3.63) is 72.3 Å². The maximum Gasteiger partial charge on any atom is 0.264 e. The number of nitrogens with one attached hydrogen (secondary N) is 1. The lowest BCUT2D eigenvalue weighted by Crippen LogP contribution is -2.39. The number of rotatable bonds is 10. The monoisotopic (exact) mass is 499 g/mol. The molecule has 0 aliphatic carbocycles. The maximum absolute atomic E-state index is 13.5. The second-order valence-corrected chi connectivity index (χ2v) is 8.95. The third-order valence-electron chi connectivity index (χ3n) is 4.90. The first-order valence-electron chi connectivity index (χ1n) is 10.3. The van der Waals surface area contributed by atoms with Crippen LogP contribution in [0.4, 0.5) is 5.69 Å². The number of hydrazone groups is 1. The molecule has 0 radical (unpaired) electrons. The average molecular weight is 500 g/mol. The Labute approximate surface area is 203 Å². The molecule has 1 amide bonds. The summed E-state index contributed by atoms with van der Waals surface area (Å²) in [6.07, 6.45) is 1.34. The highest BCUT2D eigenvalue weighted by molar-refractivity contribution is 7.92. The number of phenols is 1. The zero-order valence-electron chi connectivity index (χ0n) is 19.3. The second-order valence-electron chi connectivity index (χ2n) is 7.08. The number of hydrogen-bond donors (Lipinski definition) is 2. The van der Waals surface area contributed by atoms with Crippen molar-refractivity contribution in [1.29, 1.82) is 0 Å². The van der Waals surface area contributed by atoms with Gasteiger partial charge in [0.15, 0.2) is 11.5 Å². The van der Waals surface area contributed by atoms with E-state index in [1.807, 2.05) is 0 Å². The molecule has 0 fully saturated rings. The SMILES string of the molecule is COc1ccc(S(=O)(=O)N(CC(=O)N/N=C\c2ccc(O)c(OC)c2)c2ccccc2OC)cc1. The molecule has 3 aromatic rings. The largest absolute Gasteiger partial charge is 0.504 e. The summed E-state index contributed by atoms with van der Waals surface area (Å²) >= 11 is 0. The number of amides is 1. The summed E-state index contributed by atoms with van der Waals surface area (Å²) < 4.78 is 43.4. The molecule has 0 aliphatic rings. The number of phenolic OH excluding ortho intramolecular Hbond substituents is 1. The van der Waals surface area contributed by atoms with Crippen LogP contribution in [0.5, 0.6) is 23.0 Å². The van der Waals surface area contributed by atoms with Gasteiger partial charge in [0, 0.05) is 0 Å². The van der Waals surface area contributed by atoms with Crippen LogP contribution in [0, 0.1) is 0 Å². The first-order valence-corrected chi connectivity index (χ1v) is 11.7. The van der Waals surface area contributed by atoms with E-state index in [1.54, 1.807) is 30.3 Å². The Kier molecular flexibility index (Phi) is 8.16. The molecule has 3 aromatic carbocycles. The highest BCUT2D eigenvalue weighted by Crippen LogP contribution is 2.32. The Morgan fingerprint density at radius 2 is 1.66 bits per heavy atom. The molecular weight excluding hydrogens is 474 g/mol. The minimum Gasteiger partial charge on any atom is -0.504 e. The van der Waals surface area contributed by atoms with Crippen LogP contribution in [0.3, 0.4) is 0 Å². The molecule has 11 heteroatoms. The zero-order chi connectivity index (χ0) is 25.4. The van der Waals surface area contributed by atoms with E-state index in [1.165, 1.54) is 63.9 Å². The number of methoxy groups -OCH3 is 3. The van der Waals surface area contributed by atoms with Crippen LogP contribution in [-0.2, 0) is 14.8 Å². The van der Waals surface area contributed by atoms with Gasteiger partial charge in [-0.3, -0.25) is 9.10 Å². The molecule has 0 spiro atoms. The number of carbonyl (C=O) groups is 1. The van der Waals surface area contributed by atoms with Crippen LogP contribution >= 0.6 is 0 Å². The Bertz CT molecular complexity index is 1310. The summed E-state index contributed by atoms with van der Waals surface area (Å²) in [5, 5.41) is 13.6. The summed E-state index contributed by atoms with van der Waals surface area (Å²) in [5.74, 6) is 0.288. The zero-order valence-corrected chi connectivity index (χ0v) is 20.2. The van der Waals surface area contributed by atoms with Crippen LogP contribution < -0.4 is 23.9 Å². The van der Waals surface area contributed by atoms with E-state index >= 15 is 0 Å². The first-order chi connectivity index (χ1) is 16.8. The van der Waals surface area contributed by atoms with E-state index < -0.39 is 22.5 Å². The third kappa shape index (κ3) is 6.01. The highest BCUT2D eigenvalue weighted by atomic mass is 32.2. The maximum atomic E-state index is 13.5. The van der Waals surface area contributed by atoms with Gasteiger partial charge >= 0.3 is 0 Å². The van der Waals surface area contributed by atoms with Crippen molar-refractivity contribution in [3.8, 4) is 23.0 Å². The quantitative estimate of drug-likeness (QED) is 0.324. The fraction of sp³-hybridized carbons (Fsp3) is 0.167. The standard InChI is InChI=1S/C24H25N3O7S/c1-32-18-9-11-19(12-10-18)35(30,31)27(20-6-4-5-7-22(20)33-2)16-24(29)26-25-15-17-8-13-21(28)23(14-17)34-3/h4-15,28H,16H2,1-3H3,(H,26,29)/b25-15-. The van der Waals surface area contributed by atoms with Gasteiger partial charge in [0.05, 0.1) is 38.1 Å². The normalized spacial score (nSPS) is 11.2. The molecule has 35 heavy (non-hydrogen) atoms. The van der Waals surface area contributed by atoms with Gasteiger partial charge < -0.3 is 19.3 Å². The number of carbonyl (C=O) groups excluding carboxylic acids is 1. The van der Waals surface area contributed by atoms with Crippen molar-refractivity contribution in [1.82, 2.24) is 5.43 Å². The lowest BCUT2D eigenvalue weighted by atomic mass is 10.2. The van der Waals surface area contributed by atoms with E-state index in [-0.39, 0.29) is 27.8 Å². The molecule has 0 heterocycles. The van der Waals surface area contributed by atoms with Gasteiger partial charge in [-0.05, 0) is 60.2 Å². The predicted octanol–water partition coefficient (Wildman–Crippen LogP) is 2.76. The molecule has 0 unspecified atom stereocenters. The number of nitrogens with zero attached hydrogens (tertiary/aromatic N) is 2. The van der Waals surface area contributed by atoms with E-state index in [0.29, 0.717) is 11.3 Å². The Morgan fingerprint density at radius 1 is 0.971 bits per heavy atom. The number of benzene rings is 3. The molecule has 184 valence electrons. The lowest BCUT2D eigenvalue weighted by Gasteiger charge is -2.25. The fourth-order valence-electron chi connectivity index (χ4n) is 3.13. The van der Waals surface area contributed by atoms with Crippen LogP contribution in [0.2, 0.25) is 0 Å². The van der Waals surface area contributed by atoms with E-state index in [2.05, 4.69) is 10.5 Å².